The van der Waals surface area contributed by atoms with Crippen LogP contribution in [0.3, 0.4) is 0 Å². The van der Waals surface area contributed by atoms with Crippen LogP contribution >= 0.6 is 0 Å². The van der Waals surface area contributed by atoms with Gasteiger partial charge in [0.15, 0.2) is 0 Å². The zero-order valence-corrected chi connectivity index (χ0v) is 11.4. The number of hydrogen-bond donors (Lipinski definition) is 1. The fourth-order valence-electron chi connectivity index (χ4n) is 2.27. The summed E-state index contributed by atoms with van der Waals surface area (Å²) in [6.45, 7) is 8.49. The highest BCUT2D eigenvalue weighted by atomic mass is 16.5. The summed E-state index contributed by atoms with van der Waals surface area (Å²) in [6.07, 6.45) is 4.49. The van der Waals surface area contributed by atoms with Crippen LogP contribution in [0.1, 0.15) is 53.4 Å². The van der Waals surface area contributed by atoms with Gasteiger partial charge in [-0.2, -0.15) is 0 Å². The molecule has 0 amide bonds. The van der Waals surface area contributed by atoms with Crippen molar-refractivity contribution in [2.24, 2.45) is 17.1 Å². The molecule has 1 atom stereocenters. The van der Waals surface area contributed by atoms with Crippen LogP contribution in [0.5, 0.6) is 0 Å². The zero-order valence-electron chi connectivity index (χ0n) is 11.4. The van der Waals surface area contributed by atoms with Crippen LogP contribution in [-0.4, -0.2) is 19.1 Å². The number of carbonyl (C=O) groups excluding carboxylic acids is 1. The molecule has 0 rings (SSSR count). The molecule has 96 valence electrons. The van der Waals surface area contributed by atoms with Crippen molar-refractivity contribution in [3.63, 3.8) is 0 Å². The lowest BCUT2D eigenvalue weighted by molar-refractivity contribution is -0.146. The third kappa shape index (κ3) is 3.78. The van der Waals surface area contributed by atoms with Gasteiger partial charge in [-0.05, 0) is 11.3 Å². The summed E-state index contributed by atoms with van der Waals surface area (Å²) in [5.74, 6) is 0.179. The fourth-order valence-corrected chi connectivity index (χ4v) is 2.27. The summed E-state index contributed by atoms with van der Waals surface area (Å²) in [4.78, 5) is 11.5. The van der Waals surface area contributed by atoms with Crippen LogP contribution in [0.4, 0.5) is 0 Å². The smallest absolute Gasteiger partial charge is 0.323 e. The van der Waals surface area contributed by atoms with Crippen molar-refractivity contribution in [1.82, 2.24) is 0 Å². The predicted molar refractivity (Wildman–Crippen MR) is 67.1 cm³/mol. The molecule has 0 aromatic carbocycles. The van der Waals surface area contributed by atoms with Crippen molar-refractivity contribution in [2.75, 3.05) is 7.11 Å². The Kier molecular flexibility index (Phi) is 6.65. The van der Waals surface area contributed by atoms with Crippen LogP contribution in [-0.2, 0) is 9.53 Å². The van der Waals surface area contributed by atoms with E-state index < -0.39 is 6.04 Å². The lowest BCUT2D eigenvalue weighted by Gasteiger charge is -2.37. The van der Waals surface area contributed by atoms with Gasteiger partial charge in [0.2, 0.25) is 0 Å². The Bertz CT molecular complexity index is 208. The van der Waals surface area contributed by atoms with E-state index in [0.29, 0.717) is 5.92 Å². The first-order valence-electron chi connectivity index (χ1n) is 6.25. The molecule has 0 saturated heterocycles. The predicted octanol–water partition coefficient (Wildman–Crippen LogP) is 2.73. The highest BCUT2D eigenvalue weighted by molar-refractivity contribution is 5.76. The van der Waals surface area contributed by atoms with Crippen molar-refractivity contribution >= 4 is 5.97 Å². The van der Waals surface area contributed by atoms with Gasteiger partial charge in [0, 0.05) is 0 Å². The maximum absolute atomic E-state index is 11.5. The van der Waals surface area contributed by atoms with Gasteiger partial charge in [-0.15, -0.1) is 0 Å². The van der Waals surface area contributed by atoms with E-state index in [-0.39, 0.29) is 11.4 Å². The Hall–Kier alpha value is -0.570. The number of rotatable bonds is 7. The number of esters is 1. The zero-order chi connectivity index (χ0) is 12.8. The topological polar surface area (TPSA) is 52.3 Å². The molecule has 0 saturated carbocycles. The molecular formula is C13H27NO2. The number of ether oxygens (including phenoxy) is 1. The van der Waals surface area contributed by atoms with Crippen LogP contribution in [0.25, 0.3) is 0 Å². The number of hydrogen-bond acceptors (Lipinski definition) is 3. The second-order valence-electron chi connectivity index (χ2n) is 5.10. The molecule has 0 aromatic rings. The Morgan fingerprint density at radius 3 is 2.00 bits per heavy atom. The summed E-state index contributed by atoms with van der Waals surface area (Å²) < 4.78 is 4.74. The van der Waals surface area contributed by atoms with E-state index in [0.717, 1.165) is 25.7 Å². The van der Waals surface area contributed by atoms with Crippen molar-refractivity contribution in [3.8, 4) is 0 Å². The third-order valence-corrected chi connectivity index (χ3v) is 3.58. The second-order valence-corrected chi connectivity index (χ2v) is 5.10. The minimum atomic E-state index is -0.527. The molecule has 0 radical (unpaired) electrons. The quantitative estimate of drug-likeness (QED) is 0.683. The molecule has 0 fully saturated rings. The van der Waals surface area contributed by atoms with Crippen molar-refractivity contribution in [3.05, 3.63) is 0 Å². The van der Waals surface area contributed by atoms with E-state index in [9.17, 15) is 4.79 Å². The van der Waals surface area contributed by atoms with Crippen LogP contribution < -0.4 is 5.73 Å². The van der Waals surface area contributed by atoms with E-state index >= 15 is 0 Å². The first-order chi connectivity index (χ1) is 7.41. The van der Waals surface area contributed by atoms with E-state index in [1.807, 2.05) is 0 Å². The fraction of sp³-hybridized carbons (Fsp3) is 0.923. The SMILES string of the molecule is CCCC(CCC)C(C)(C)C(N)C(=O)OC. The van der Waals surface area contributed by atoms with Crippen LogP contribution in [0, 0.1) is 11.3 Å². The molecule has 0 heterocycles. The number of nitrogens with two attached hydrogens (primary N) is 1. The first kappa shape index (κ1) is 15.4. The average Bonchev–Trinajstić information content (AvgIpc) is 2.26. The Balaban J connectivity index is 4.73. The van der Waals surface area contributed by atoms with E-state index in [1.165, 1.54) is 7.11 Å². The van der Waals surface area contributed by atoms with Gasteiger partial charge < -0.3 is 10.5 Å². The Morgan fingerprint density at radius 1 is 1.25 bits per heavy atom. The standard InChI is InChI=1S/C13H27NO2/c1-6-8-10(9-7-2)13(3,4)11(14)12(15)16-5/h10-11H,6-9,14H2,1-5H3. The average molecular weight is 229 g/mol. The Morgan fingerprint density at radius 2 is 1.69 bits per heavy atom. The highest BCUT2D eigenvalue weighted by Crippen LogP contribution is 2.36. The number of methoxy groups -OCH3 is 1. The normalized spacial score (nSPS) is 13.9. The van der Waals surface area contributed by atoms with E-state index in [2.05, 4.69) is 27.7 Å². The molecule has 0 aliphatic carbocycles. The number of carbonyl (C=O) groups is 1. The molecule has 0 aliphatic heterocycles. The molecule has 0 aliphatic rings. The van der Waals surface area contributed by atoms with Crippen LogP contribution in [0.2, 0.25) is 0 Å². The van der Waals surface area contributed by atoms with E-state index in [1.54, 1.807) is 0 Å². The van der Waals surface area contributed by atoms with E-state index in [4.69, 9.17) is 10.5 Å². The molecule has 2 N–H and O–H groups in total. The van der Waals surface area contributed by atoms with Gasteiger partial charge in [0.25, 0.3) is 0 Å². The maximum atomic E-state index is 11.5. The summed E-state index contributed by atoms with van der Waals surface area (Å²) in [7, 11) is 1.40. The molecule has 3 nitrogen and oxygen atoms in total. The summed E-state index contributed by atoms with van der Waals surface area (Å²) in [5.41, 5.74) is 5.80. The highest BCUT2D eigenvalue weighted by Gasteiger charge is 2.38. The molecule has 1 unspecified atom stereocenters. The molecule has 0 spiro atoms. The Labute approximate surface area is 99.7 Å². The van der Waals surface area contributed by atoms with Gasteiger partial charge in [0.05, 0.1) is 7.11 Å². The molecular weight excluding hydrogens is 202 g/mol. The van der Waals surface area contributed by atoms with Crippen molar-refractivity contribution < 1.29 is 9.53 Å². The summed E-state index contributed by atoms with van der Waals surface area (Å²) in [5, 5.41) is 0. The molecule has 0 bridgehead atoms. The minimum absolute atomic E-state index is 0.195. The second kappa shape index (κ2) is 6.89. The summed E-state index contributed by atoms with van der Waals surface area (Å²) in [6, 6.07) is -0.527. The largest absolute Gasteiger partial charge is 0.468 e. The lowest BCUT2D eigenvalue weighted by atomic mass is 9.69. The first-order valence-corrected chi connectivity index (χ1v) is 6.25. The van der Waals surface area contributed by atoms with Gasteiger partial charge in [0.1, 0.15) is 6.04 Å². The third-order valence-electron chi connectivity index (χ3n) is 3.58. The van der Waals surface area contributed by atoms with Gasteiger partial charge in [-0.25, -0.2) is 0 Å². The molecule has 16 heavy (non-hydrogen) atoms. The maximum Gasteiger partial charge on any atom is 0.323 e. The van der Waals surface area contributed by atoms with Crippen molar-refractivity contribution in [1.29, 1.82) is 0 Å². The van der Waals surface area contributed by atoms with Gasteiger partial charge >= 0.3 is 5.97 Å². The molecule has 0 aromatic heterocycles. The monoisotopic (exact) mass is 229 g/mol. The van der Waals surface area contributed by atoms with Crippen LogP contribution in [0.15, 0.2) is 0 Å². The summed E-state index contributed by atoms with van der Waals surface area (Å²) >= 11 is 0. The minimum Gasteiger partial charge on any atom is -0.468 e. The van der Waals surface area contributed by atoms with Gasteiger partial charge in [-0.1, -0.05) is 53.4 Å². The molecule has 3 heteroatoms. The van der Waals surface area contributed by atoms with Crippen molar-refractivity contribution in [2.45, 2.75) is 59.4 Å². The lowest BCUT2D eigenvalue weighted by Crippen LogP contribution is -2.48. The van der Waals surface area contributed by atoms with Gasteiger partial charge in [-0.3, -0.25) is 4.79 Å².